The summed E-state index contributed by atoms with van der Waals surface area (Å²) in [7, 11) is 0. The molecule has 4 heteroatoms. The van der Waals surface area contributed by atoms with Crippen LogP contribution in [0.25, 0.3) is 0 Å². The third-order valence-corrected chi connectivity index (χ3v) is 4.35. The minimum Gasteiger partial charge on any atom is -0.337 e. The second-order valence-electron chi connectivity index (χ2n) is 4.73. The van der Waals surface area contributed by atoms with E-state index in [1.165, 1.54) is 30.6 Å². The van der Waals surface area contributed by atoms with E-state index >= 15 is 0 Å². The van der Waals surface area contributed by atoms with Crippen LogP contribution in [-0.4, -0.2) is 28.9 Å². The number of amides is 1. The molecule has 0 unspecified atom stereocenters. The van der Waals surface area contributed by atoms with Crippen molar-refractivity contribution in [1.82, 2.24) is 9.88 Å². The largest absolute Gasteiger partial charge is 0.337 e. The van der Waals surface area contributed by atoms with Gasteiger partial charge in [0.05, 0.1) is 5.51 Å². The number of hydrogen-bond acceptors (Lipinski definition) is 3. The highest BCUT2D eigenvalue weighted by Crippen LogP contribution is 2.33. The lowest BCUT2D eigenvalue weighted by atomic mass is 9.84. The average Bonchev–Trinajstić information content (AvgIpc) is 2.80. The van der Waals surface area contributed by atoms with Crippen LogP contribution in [0.5, 0.6) is 0 Å². The molecule has 1 aliphatic heterocycles. The maximum atomic E-state index is 12.1. The number of hydrogen-bond donors (Lipinski definition) is 0. The van der Waals surface area contributed by atoms with Crippen LogP contribution in [0, 0.1) is 0 Å². The van der Waals surface area contributed by atoms with Crippen molar-refractivity contribution in [2.24, 2.45) is 0 Å². The van der Waals surface area contributed by atoms with Crippen molar-refractivity contribution in [3.63, 3.8) is 0 Å². The molecule has 2 aliphatic rings. The Morgan fingerprint density at radius 3 is 2.41 bits per heavy atom. The van der Waals surface area contributed by atoms with Crippen LogP contribution in [0.1, 0.15) is 42.6 Å². The maximum Gasteiger partial charge on any atom is 0.273 e. The summed E-state index contributed by atoms with van der Waals surface area (Å²) in [4.78, 5) is 18.1. The Morgan fingerprint density at radius 1 is 1.18 bits per heavy atom. The molecule has 0 atom stereocenters. The molecule has 0 spiro atoms. The third-order valence-electron chi connectivity index (χ3n) is 3.76. The van der Waals surface area contributed by atoms with E-state index in [2.05, 4.69) is 4.98 Å². The van der Waals surface area contributed by atoms with Gasteiger partial charge in [-0.25, -0.2) is 4.98 Å². The van der Waals surface area contributed by atoms with Crippen molar-refractivity contribution >= 4 is 17.2 Å². The summed E-state index contributed by atoms with van der Waals surface area (Å²) in [6.45, 7) is 1.74. The van der Waals surface area contributed by atoms with Gasteiger partial charge in [0.1, 0.15) is 5.69 Å². The molecular formula is C13H16N2OS. The number of thiazole rings is 1. The second kappa shape index (κ2) is 4.61. The van der Waals surface area contributed by atoms with Crippen LogP contribution in [0.3, 0.4) is 0 Å². The van der Waals surface area contributed by atoms with Gasteiger partial charge in [-0.3, -0.25) is 4.79 Å². The second-order valence-corrected chi connectivity index (χ2v) is 5.45. The Hall–Kier alpha value is -1.16. The minimum absolute atomic E-state index is 0.101. The monoisotopic (exact) mass is 248 g/mol. The molecule has 3 rings (SSSR count). The van der Waals surface area contributed by atoms with Crippen molar-refractivity contribution < 1.29 is 4.79 Å². The lowest BCUT2D eigenvalue weighted by Crippen LogP contribution is -2.37. The van der Waals surface area contributed by atoms with Gasteiger partial charge in [0.15, 0.2) is 0 Å². The molecule has 0 bridgehead atoms. The summed E-state index contributed by atoms with van der Waals surface area (Å²) < 4.78 is 0. The molecule has 2 fully saturated rings. The zero-order valence-electron chi connectivity index (χ0n) is 9.82. The first-order valence-corrected chi connectivity index (χ1v) is 7.16. The molecule has 90 valence electrons. The predicted octanol–water partition coefficient (Wildman–Crippen LogP) is 2.86. The van der Waals surface area contributed by atoms with Crippen LogP contribution in [0.4, 0.5) is 0 Å². The molecule has 0 radical (unpaired) electrons. The van der Waals surface area contributed by atoms with E-state index < -0.39 is 0 Å². The van der Waals surface area contributed by atoms with Gasteiger partial charge >= 0.3 is 0 Å². The molecule has 1 aromatic rings. The fraction of sp³-hybridized carbons (Fsp3) is 0.538. The van der Waals surface area contributed by atoms with E-state index in [-0.39, 0.29) is 5.91 Å². The van der Waals surface area contributed by atoms with E-state index in [0.717, 1.165) is 25.9 Å². The Kier molecular flexibility index (Phi) is 2.97. The number of nitrogens with zero attached hydrogens (tertiary/aromatic N) is 2. The lowest BCUT2D eigenvalue weighted by molar-refractivity contribution is 0.0737. The van der Waals surface area contributed by atoms with Crippen LogP contribution in [-0.2, 0) is 0 Å². The van der Waals surface area contributed by atoms with Gasteiger partial charge in [-0.15, -0.1) is 11.3 Å². The van der Waals surface area contributed by atoms with Gasteiger partial charge in [0.2, 0.25) is 0 Å². The Bertz CT molecular complexity index is 434. The topological polar surface area (TPSA) is 33.2 Å². The number of rotatable bonds is 1. The highest BCUT2D eigenvalue weighted by atomic mass is 32.1. The Morgan fingerprint density at radius 2 is 1.88 bits per heavy atom. The molecule has 0 N–H and O–H groups in total. The third kappa shape index (κ3) is 2.14. The molecule has 1 saturated carbocycles. The fourth-order valence-corrected chi connectivity index (χ4v) is 3.05. The fourth-order valence-electron chi connectivity index (χ4n) is 2.52. The summed E-state index contributed by atoms with van der Waals surface area (Å²) in [6, 6.07) is 0. The number of carbonyl (C=O) groups is 1. The van der Waals surface area contributed by atoms with Gasteiger partial charge in [-0.1, -0.05) is 11.1 Å². The minimum atomic E-state index is 0.101. The van der Waals surface area contributed by atoms with E-state index in [1.54, 1.807) is 16.7 Å². The standard InChI is InChI=1S/C13H16N2OS/c16-13(12-8-17-9-14-12)15-6-4-11(5-7-15)10-2-1-3-10/h8-9H,1-7H2. The van der Waals surface area contributed by atoms with Gasteiger partial charge in [0.25, 0.3) is 5.91 Å². The normalized spacial score (nSPS) is 20.4. The van der Waals surface area contributed by atoms with Crippen LogP contribution < -0.4 is 0 Å². The molecule has 2 heterocycles. The van der Waals surface area contributed by atoms with Gasteiger partial charge < -0.3 is 4.90 Å². The molecule has 17 heavy (non-hydrogen) atoms. The van der Waals surface area contributed by atoms with Crippen molar-refractivity contribution in [3.05, 3.63) is 27.7 Å². The Labute approximate surface area is 105 Å². The maximum absolute atomic E-state index is 12.1. The summed E-state index contributed by atoms with van der Waals surface area (Å²) in [5, 5.41) is 1.84. The first-order valence-electron chi connectivity index (χ1n) is 6.22. The molecule has 1 saturated heterocycles. The molecule has 1 aliphatic carbocycles. The molecule has 1 amide bonds. The van der Waals surface area contributed by atoms with Crippen molar-refractivity contribution in [2.75, 3.05) is 13.1 Å². The van der Waals surface area contributed by atoms with Crippen LogP contribution in [0.15, 0.2) is 22.0 Å². The number of carbonyl (C=O) groups excluding carboxylic acids is 1. The number of aromatic nitrogens is 1. The van der Waals surface area contributed by atoms with Crippen molar-refractivity contribution in [1.29, 1.82) is 0 Å². The van der Waals surface area contributed by atoms with Crippen LogP contribution in [0.2, 0.25) is 0 Å². The Balaban J connectivity index is 1.63. The number of allylic oxidation sites excluding steroid dienone is 1. The van der Waals surface area contributed by atoms with E-state index in [1.807, 2.05) is 10.3 Å². The average molecular weight is 248 g/mol. The molecule has 1 aromatic heterocycles. The lowest BCUT2D eigenvalue weighted by Gasteiger charge is -2.31. The van der Waals surface area contributed by atoms with E-state index in [4.69, 9.17) is 0 Å². The molecular weight excluding hydrogens is 232 g/mol. The van der Waals surface area contributed by atoms with Gasteiger partial charge in [-0.2, -0.15) is 0 Å². The first-order chi connectivity index (χ1) is 8.34. The SMILES string of the molecule is O=C(c1cscn1)N1CCC(=C2CCC2)CC1. The zero-order valence-corrected chi connectivity index (χ0v) is 10.6. The van der Waals surface area contributed by atoms with Crippen molar-refractivity contribution in [3.8, 4) is 0 Å². The summed E-state index contributed by atoms with van der Waals surface area (Å²) in [6.07, 6.45) is 6.11. The van der Waals surface area contributed by atoms with Gasteiger partial charge in [-0.05, 0) is 32.1 Å². The first kappa shape index (κ1) is 11.0. The smallest absolute Gasteiger partial charge is 0.273 e. The highest BCUT2D eigenvalue weighted by Gasteiger charge is 2.24. The predicted molar refractivity (Wildman–Crippen MR) is 68.1 cm³/mol. The number of likely N-dealkylation sites (tertiary alicyclic amines) is 1. The summed E-state index contributed by atoms with van der Waals surface area (Å²) in [5.74, 6) is 0.101. The number of piperidine rings is 1. The summed E-state index contributed by atoms with van der Waals surface area (Å²) in [5.41, 5.74) is 5.62. The van der Waals surface area contributed by atoms with E-state index in [9.17, 15) is 4.79 Å². The van der Waals surface area contributed by atoms with E-state index in [0.29, 0.717) is 5.69 Å². The highest BCUT2D eigenvalue weighted by molar-refractivity contribution is 7.07. The molecule has 3 nitrogen and oxygen atoms in total. The van der Waals surface area contributed by atoms with Crippen molar-refractivity contribution in [2.45, 2.75) is 32.1 Å². The quantitative estimate of drug-likeness (QED) is 0.716. The molecule has 0 aromatic carbocycles. The summed E-state index contributed by atoms with van der Waals surface area (Å²) >= 11 is 1.48. The van der Waals surface area contributed by atoms with Gasteiger partial charge in [0, 0.05) is 18.5 Å². The van der Waals surface area contributed by atoms with Crippen LogP contribution >= 0.6 is 11.3 Å². The zero-order chi connectivity index (χ0) is 11.7.